The van der Waals surface area contributed by atoms with Gasteiger partial charge in [0.25, 0.3) is 10.0 Å². The molecule has 3 heterocycles. The van der Waals surface area contributed by atoms with Crippen molar-refractivity contribution in [2.45, 2.75) is 26.3 Å². The Labute approximate surface area is 169 Å². The number of nitrogens with zero attached hydrogens (tertiary/aromatic N) is 4. The number of benzene rings is 1. The number of nitrogens with two attached hydrogens (primary N) is 1. The van der Waals surface area contributed by atoms with Crippen molar-refractivity contribution in [2.24, 2.45) is 5.73 Å². The summed E-state index contributed by atoms with van der Waals surface area (Å²) in [5, 5.41) is 14.2. The zero-order valence-corrected chi connectivity index (χ0v) is 16.9. The highest BCUT2D eigenvalue weighted by Crippen LogP contribution is 2.44. The molecule has 1 aromatic heterocycles. The Bertz CT molecular complexity index is 1130. The van der Waals surface area contributed by atoms with Gasteiger partial charge in [-0.2, -0.15) is 10.4 Å². The highest BCUT2D eigenvalue weighted by Gasteiger charge is 2.36. The Kier molecular flexibility index (Phi) is 4.72. The van der Waals surface area contributed by atoms with Crippen molar-refractivity contribution in [3.8, 4) is 11.9 Å². The highest BCUT2D eigenvalue weighted by molar-refractivity contribution is 7.92. The number of aryl methyl sites for hydroxylation is 2. The van der Waals surface area contributed by atoms with Gasteiger partial charge in [-0.1, -0.05) is 12.1 Å². The van der Waals surface area contributed by atoms with Gasteiger partial charge in [0, 0.05) is 6.54 Å². The van der Waals surface area contributed by atoms with Gasteiger partial charge >= 0.3 is 0 Å². The van der Waals surface area contributed by atoms with Crippen molar-refractivity contribution in [1.82, 2.24) is 9.78 Å². The number of nitriles is 1. The molecule has 1 saturated heterocycles. The first kappa shape index (κ1) is 19.3. The molecular weight excluding hydrogens is 394 g/mol. The number of hydrogen-bond donors (Lipinski definition) is 1. The minimum atomic E-state index is -3.50. The van der Waals surface area contributed by atoms with Crippen molar-refractivity contribution in [3.63, 3.8) is 0 Å². The zero-order valence-electron chi connectivity index (χ0n) is 16.1. The molecule has 152 valence electrons. The summed E-state index contributed by atoms with van der Waals surface area (Å²) >= 11 is 0. The third kappa shape index (κ3) is 3.12. The van der Waals surface area contributed by atoms with Gasteiger partial charge in [0.05, 0.1) is 36.0 Å². The maximum absolute atomic E-state index is 12.3. The predicted molar refractivity (Wildman–Crippen MR) is 105 cm³/mol. The number of sulfonamides is 1. The van der Waals surface area contributed by atoms with Crippen LogP contribution in [0.4, 0.5) is 5.69 Å². The Morgan fingerprint density at radius 1 is 1.34 bits per heavy atom. The van der Waals surface area contributed by atoms with E-state index in [9.17, 15) is 13.7 Å². The lowest BCUT2D eigenvalue weighted by Gasteiger charge is -2.29. The van der Waals surface area contributed by atoms with Crippen LogP contribution in [-0.2, 0) is 21.3 Å². The minimum Gasteiger partial charge on any atom is -0.422 e. The number of anilines is 1. The molecule has 0 bridgehead atoms. The Balaban J connectivity index is 1.78. The van der Waals surface area contributed by atoms with Crippen LogP contribution in [0.25, 0.3) is 0 Å². The summed E-state index contributed by atoms with van der Waals surface area (Å²) in [6, 6.07) is 9.25. The predicted octanol–water partition coefficient (Wildman–Crippen LogP) is 1.55. The molecule has 1 fully saturated rings. The summed E-state index contributed by atoms with van der Waals surface area (Å²) in [4.78, 5) is 0. The number of allylic oxidation sites excluding steroid dienone is 1. The summed E-state index contributed by atoms with van der Waals surface area (Å²) in [5.41, 5.74) is 9.26. The second kappa shape index (κ2) is 7.09. The van der Waals surface area contributed by atoms with Crippen molar-refractivity contribution in [1.29, 1.82) is 5.26 Å². The first-order valence-electron chi connectivity index (χ1n) is 9.20. The van der Waals surface area contributed by atoms with Gasteiger partial charge in [-0.15, -0.1) is 0 Å². The van der Waals surface area contributed by atoms with E-state index in [0.29, 0.717) is 30.3 Å². The van der Waals surface area contributed by atoms with Gasteiger partial charge in [-0.3, -0.25) is 4.31 Å². The monoisotopic (exact) mass is 415 g/mol. The molecule has 2 aromatic rings. The summed E-state index contributed by atoms with van der Waals surface area (Å²) in [6.07, 6.45) is 0. The number of fused-ring (bicyclic) bond motifs is 1. The van der Waals surface area contributed by atoms with Crippen LogP contribution in [0.2, 0.25) is 0 Å². The molecule has 2 N–H and O–H groups in total. The number of ether oxygens (including phenoxy) is 2. The van der Waals surface area contributed by atoms with E-state index >= 15 is 0 Å². The summed E-state index contributed by atoms with van der Waals surface area (Å²) < 4.78 is 38.3. The van der Waals surface area contributed by atoms with E-state index in [-0.39, 0.29) is 18.4 Å². The molecule has 0 aliphatic carbocycles. The molecular formula is C19H21N5O4S. The normalized spacial score (nSPS) is 20.7. The lowest BCUT2D eigenvalue weighted by Crippen LogP contribution is -2.41. The van der Waals surface area contributed by atoms with Crippen LogP contribution in [0.3, 0.4) is 0 Å². The molecule has 10 heteroatoms. The van der Waals surface area contributed by atoms with Gasteiger partial charge < -0.3 is 15.2 Å². The van der Waals surface area contributed by atoms with Gasteiger partial charge in [-0.25, -0.2) is 13.1 Å². The van der Waals surface area contributed by atoms with E-state index in [1.54, 1.807) is 16.8 Å². The summed E-state index contributed by atoms with van der Waals surface area (Å²) in [6.45, 7) is 5.03. The van der Waals surface area contributed by atoms with E-state index in [0.717, 1.165) is 16.8 Å². The van der Waals surface area contributed by atoms with Crippen LogP contribution in [0.1, 0.15) is 29.7 Å². The maximum Gasteiger partial charge on any atom is 0.259 e. The molecule has 2 aliphatic rings. The van der Waals surface area contributed by atoms with Gasteiger partial charge in [0.1, 0.15) is 11.6 Å². The standard InChI is InChI=1S/C19H21N5O4S/c1-3-23-19-16(12(2)22-23)17(15(10-20)18(21)28-19)13-4-6-14(7-5-13)24-8-9-27-11-29(24,25)26/h4-7,17H,3,8-9,11,21H2,1-2H3. The lowest BCUT2D eigenvalue weighted by molar-refractivity contribution is 0.175. The van der Waals surface area contributed by atoms with Gasteiger partial charge in [0.2, 0.25) is 11.8 Å². The van der Waals surface area contributed by atoms with E-state index in [1.807, 2.05) is 26.0 Å². The zero-order chi connectivity index (χ0) is 20.8. The van der Waals surface area contributed by atoms with Crippen LogP contribution >= 0.6 is 0 Å². The Morgan fingerprint density at radius 2 is 2.07 bits per heavy atom. The third-order valence-electron chi connectivity index (χ3n) is 5.12. The molecule has 0 amide bonds. The van der Waals surface area contributed by atoms with Crippen molar-refractivity contribution in [3.05, 3.63) is 52.5 Å². The van der Waals surface area contributed by atoms with E-state index < -0.39 is 15.9 Å². The van der Waals surface area contributed by atoms with Gasteiger partial charge in [-0.05, 0) is 31.5 Å². The molecule has 0 spiro atoms. The van der Waals surface area contributed by atoms with Crippen LogP contribution in [0, 0.1) is 18.3 Å². The second-order valence-corrected chi connectivity index (χ2v) is 8.69. The third-order valence-corrected chi connectivity index (χ3v) is 6.65. The summed E-state index contributed by atoms with van der Waals surface area (Å²) in [7, 11) is -3.50. The average Bonchev–Trinajstić information content (AvgIpc) is 3.02. The molecule has 4 rings (SSSR count). The summed E-state index contributed by atoms with van der Waals surface area (Å²) in [5.74, 6) is -0.170. The lowest BCUT2D eigenvalue weighted by atomic mass is 9.84. The van der Waals surface area contributed by atoms with Crippen LogP contribution in [0.15, 0.2) is 35.7 Å². The van der Waals surface area contributed by atoms with Crippen LogP contribution < -0.4 is 14.8 Å². The average molecular weight is 415 g/mol. The largest absolute Gasteiger partial charge is 0.422 e. The Hall–Kier alpha value is -3.03. The van der Waals surface area contributed by atoms with E-state index in [1.165, 1.54) is 4.31 Å². The number of rotatable bonds is 3. The fourth-order valence-electron chi connectivity index (χ4n) is 3.76. The molecule has 9 nitrogen and oxygen atoms in total. The second-order valence-electron chi connectivity index (χ2n) is 6.85. The fraction of sp³-hybridized carbons (Fsp3) is 0.368. The van der Waals surface area contributed by atoms with Crippen molar-refractivity contribution >= 4 is 15.7 Å². The minimum absolute atomic E-state index is 0.0550. The number of aromatic nitrogens is 2. The smallest absolute Gasteiger partial charge is 0.259 e. The van der Waals surface area contributed by atoms with Crippen molar-refractivity contribution < 1.29 is 17.9 Å². The Morgan fingerprint density at radius 3 is 2.69 bits per heavy atom. The van der Waals surface area contributed by atoms with Crippen molar-refractivity contribution in [2.75, 3.05) is 23.4 Å². The first-order chi connectivity index (χ1) is 13.9. The van der Waals surface area contributed by atoms with E-state index in [2.05, 4.69) is 11.2 Å². The number of hydrogen-bond acceptors (Lipinski definition) is 7. The molecule has 29 heavy (non-hydrogen) atoms. The quantitative estimate of drug-likeness (QED) is 0.807. The molecule has 0 saturated carbocycles. The first-order valence-corrected chi connectivity index (χ1v) is 10.8. The molecule has 1 atom stereocenters. The molecule has 2 aliphatic heterocycles. The highest BCUT2D eigenvalue weighted by atomic mass is 32.2. The molecule has 1 aromatic carbocycles. The molecule has 0 radical (unpaired) electrons. The topological polar surface area (TPSA) is 123 Å². The van der Waals surface area contributed by atoms with Crippen LogP contribution in [-0.4, -0.2) is 37.3 Å². The van der Waals surface area contributed by atoms with E-state index in [4.69, 9.17) is 15.2 Å². The fourth-order valence-corrected chi connectivity index (χ4v) is 5.02. The molecule has 1 unspecified atom stereocenters. The SMILES string of the molecule is CCn1nc(C)c2c1OC(N)=C(C#N)C2c1ccc(N2CCOCS2(=O)=O)cc1. The maximum atomic E-state index is 12.3. The van der Waals surface area contributed by atoms with Gasteiger partial charge in [0.15, 0.2) is 5.94 Å². The van der Waals surface area contributed by atoms with Crippen LogP contribution in [0.5, 0.6) is 5.88 Å².